The lowest BCUT2D eigenvalue weighted by atomic mass is 9.90. The number of rotatable bonds is 9. The van der Waals surface area contributed by atoms with Crippen LogP contribution in [-0.4, -0.2) is 45.5 Å². The van der Waals surface area contributed by atoms with Crippen molar-refractivity contribution in [1.82, 2.24) is 19.4 Å². The summed E-state index contributed by atoms with van der Waals surface area (Å²) >= 11 is 0. The molecular weight excluding hydrogens is 478 g/mol. The lowest BCUT2D eigenvalue weighted by molar-refractivity contribution is 0.204. The van der Waals surface area contributed by atoms with E-state index in [1.54, 1.807) is 6.20 Å². The SMILES string of the molecule is C=CNc1ccc(Cn2ccc3cc(C4CCN(Cc5ccc(CN6CCCCC6)cc5)CC4)cnc32)cc1. The highest BCUT2D eigenvalue weighted by Gasteiger charge is 2.22. The Morgan fingerprint density at radius 2 is 1.38 bits per heavy atom. The van der Waals surface area contributed by atoms with Gasteiger partial charge in [-0.15, -0.1) is 0 Å². The molecule has 0 aliphatic carbocycles. The van der Waals surface area contributed by atoms with Crippen molar-refractivity contribution in [1.29, 1.82) is 0 Å². The van der Waals surface area contributed by atoms with E-state index in [0.717, 1.165) is 44.1 Å². The second-order valence-corrected chi connectivity index (χ2v) is 11.4. The number of hydrogen-bond acceptors (Lipinski definition) is 4. The molecule has 2 fully saturated rings. The maximum Gasteiger partial charge on any atom is 0.140 e. The minimum atomic E-state index is 0.596. The Bertz CT molecular complexity index is 1360. The third-order valence-electron chi connectivity index (χ3n) is 8.54. The highest BCUT2D eigenvalue weighted by Crippen LogP contribution is 2.30. The van der Waals surface area contributed by atoms with Crippen molar-refractivity contribution in [2.75, 3.05) is 31.5 Å². The molecule has 0 bridgehead atoms. The quantitative estimate of drug-likeness (QED) is 0.258. The Hall–Kier alpha value is -3.41. The molecule has 4 aromatic rings. The van der Waals surface area contributed by atoms with Crippen molar-refractivity contribution in [3.8, 4) is 0 Å². The van der Waals surface area contributed by atoms with E-state index in [0.29, 0.717) is 5.92 Å². The molecule has 39 heavy (non-hydrogen) atoms. The van der Waals surface area contributed by atoms with E-state index >= 15 is 0 Å². The van der Waals surface area contributed by atoms with Crippen molar-refractivity contribution in [3.05, 3.63) is 108 Å². The number of nitrogens with zero attached hydrogens (tertiary/aromatic N) is 4. The van der Waals surface area contributed by atoms with Gasteiger partial charge in [-0.3, -0.25) is 9.80 Å². The summed E-state index contributed by atoms with van der Waals surface area (Å²) < 4.78 is 2.25. The molecule has 6 rings (SSSR count). The van der Waals surface area contributed by atoms with Crippen molar-refractivity contribution in [2.24, 2.45) is 0 Å². The molecule has 4 heterocycles. The summed E-state index contributed by atoms with van der Waals surface area (Å²) in [6.07, 6.45) is 12.5. The standard InChI is InChI=1S/C34H41N5/c1-2-35-33-12-10-29(11-13-33)26-39-21-16-31-22-32(23-36-34(31)39)30-14-19-38(20-15-30)25-28-8-6-27(7-9-28)24-37-17-4-3-5-18-37/h2,6-13,16,21-23,30,35H,1,3-5,14-15,17-20,24-26H2. The normalized spacial score (nSPS) is 17.4. The summed E-state index contributed by atoms with van der Waals surface area (Å²) in [5, 5.41) is 4.37. The average molecular weight is 520 g/mol. The van der Waals surface area contributed by atoms with Crippen molar-refractivity contribution < 1.29 is 0 Å². The summed E-state index contributed by atoms with van der Waals surface area (Å²) in [5.41, 5.74) is 7.66. The fraction of sp³-hybridized carbons (Fsp3) is 0.382. The highest BCUT2D eigenvalue weighted by atomic mass is 15.1. The molecule has 2 aromatic carbocycles. The monoisotopic (exact) mass is 519 g/mol. The Balaban J connectivity index is 1.02. The fourth-order valence-corrected chi connectivity index (χ4v) is 6.28. The van der Waals surface area contributed by atoms with Gasteiger partial charge in [0.1, 0.15) is 5.65 Å². The minimum absolute atomic E-state index is 0.596. The van der Waals surface area contributed by atoms with Gasteiger partial charge in [-0.25, -0.2) is 4.98 Å². The van der Waals surface area contributed by atoms with E-state index in [9.17, 15) is 0 Å². The molecule has 0 atom stereocenters. The number of piperidine rings is 2. The highest BCUT2D eigenvalue weighted by molar-refractivity contribution is 5.77. The molecule has 2 saturated heterocycles. The van der Waals surface area contributed by atoms with Crippen LogP contribution in [0.1, 0.15) is 60.3 Å². The molecule has 5 heteroatoms. The molecular formula is C34H41N5. The van der Waals surface area contributed by atoms with E-state index in [2.05, 4.69) is 99.3 Å². The number of pyridine rings is 1. The summed E-state index contributed by atoms with van der Waals surface area (Å²) in [6, 6.07) is 22.5. The molecule has 0 saturated carbocycles. The molecule has 0 unspecified atom stereocenters. The Labute approximate surface area is 233 Å². The third kappa shape index (κ3) is 6.43. The first-order valence-corrected chi connectivity index (χ1v) is 14.7. The lowest BCUT2D eigenvalue weighted by Gasteiger charge is -2.32. The van der Waals surface area contributed by atoms with E-state index in [4.69, 9.17) is 4.98 Å². The van der Waals surface area contributed by atoms with Crippen LogP contribution >= 0.6 is 0 Å². The van der Waals surface area contributed by atoms with Gasteiger partial charge in [-0.2, -0.15) is 0 Å². The van der Waals surface area contributed by atoms with Crippen LogP contribution in [0.5, 0.6) is 0 Å². The largest absolute Gasteiger partial charge is 0.362 e. The Morgan fingerprint density at radius 1 is 0.769 bits per heavy atom. The molecule has 202 valence electrons. The number of aromatic nitrogens is 2. The van der Waals surface area contributed by atoms with Crippen LogP contribution < -0.4 is 5.32 Å². The fourth-order valence-electron chi connectivity index (χ4n) is 6.28. The van der Waals surface area contributed by atoms with Crippen LogP contribution in [0.4, 0.5) is 5.69 Å². The molecule has 2 aromatic heterocycles. The van der Waals surface area contributed by atoms with Crippen LogP contribution in [0.15, 0.2) is 85.8 Å². The molecule has 0 amide bonds. The maximum atomic E-state index is 4.92. The maximum absolute atomic E-state index is 4.92. The Morgan fingerprint density at radius 3 is 2.05 bits per heavy atom. The van der Waals surface area contributed by atoms with Crippen molar-refractivity contribution >= 4 is 16.7 Å². The van der Waals surface area contributed by atoms with Gasteiger partial charge in [0.15, 0.2) is 0 Å². The average Bonchev–Trinajstić information content (AvgIpc) is 3.38. The number of nitrogens with one attached hydrogen (secondary N) is 1. The smallest absolute Gasteiger partial charge is 0.140 e. The molecule has 5 nitrogen and oxygen atoms in total. The zero-order chi connectivity index (χ0) is 26.4. The first-order valence-electron chi connectivity index (χ1n) is 14.7. The van der Waals surface area contributed by atoms with Gasteiger partial charge in [-0.05, 0) is 110 Å². The second-order valence-electron chi connectivity index (χ2n) is 11.4. The number of fused-ring (bicyclic) bond motifs is 1. The topological polar surface area (TPSA) is 36.3 Å². The number of anilines is 1. The van der Waals surface area contributed by atoms with Crippen LogP contribution in [0.25, 0.3) is 11.0 Å². The summed E-state index contributed by atoms with van der Waals surface area (Å²) in [5.74, 6) is 0.596. The van der Waals surface area contributed by atoms with Gasteiger partial charge in [0.05, 0.1) is 0 Å². The first-order chi connectivity index (χ1) is 19.2. The molecule has 2 aliphatic rings. The first kappa shape index (κ1) is 25.8. The van der Waals surface area contributed by atoms with Gasteiger partial charge in [0, 0.05) is 43.1 Å². The molecule has 0 spiro atoms. The van der Waals surface area contributed by atoms with Gasteiger partial charge >= 0.3 is 0 Å². The molecule has 0 radical (unpaired) electrons. The van der Waals surface area contributed by atoms with Crippen LogP contribution in [-0.2, 0) is 19.6 Å². The third-order valence-corrected chi connectivity index (χ3v) is 8.54. The van der Waals surface area contributed by atoms with Gasteiger partial charge in [0.2, 0.25) is 0 Å². The number of likely N-dealkylation sites (tertiary alicyclic amines) is 2. The number of hydrogen-bond donors (Lipinski definition) is 1. The molecule has 1 N–H and O–H groups in total. The summed E-state index contributed by atoms with van der Waals surface area (Å²) in [4.78, 5) is 10.1. The summed E-state index contributed by atoms with van der Waals surface area (Å²) in [7, 11) is 0. The predicted octanol–water partition coefficient (Wildman–Crippen LogP) is 7.01. The van der Waals surface area contributed by atoms with Crippen LogP contribution in [0.3, 0.4) is 0 Å². The predicted molar refractivity (Wildman–Crippen MR) is 162 cm³/mol. The summed E-state index contributed by atoms with van der Waals surface area (Å²) in [6.45, 7) is 11.5. The van der Waals surface area contributed by atoms with Gasteiger partial charge in [-0.1, -0.05) is 49.4 Å². The van der Waals surface area contributed by atoms with E-state index in [-0.39, 0.29) is 0 Å². The van der Waals surface area contributed by atoms with Crippen molar-refractivity contribution in [3.63, 3.8) is 0 Å². The van der Waals surface area contributed by atoms with E-state index in [1.165, 1.54) is 72.8 Å². The lowest BCUT2D eigenvalue weighted by Crippen LogP contribution is -2.32. The second kappa shape index (κ2) is 12.2. The zero-order valence-corrected chi connectivity index (χ0v) is 23.1. The van der Waals surface area contributed by atoms with Crippen molar-refractivity contribution in [2.45, 2.75) is 57.7 Å². The Kier molecular flexibility index (Phi) is 8.08. The van der Waals surface area contributed by atoms with E-state index in [1.807, 2.05) is 0 Å². The van der Waals surface area contributed by atoms with Crippen LogP contribution in [0, 0.1) is 0 Å². The van der Waals surface area contributed by atoms with Gasteiger partial charge < -0.3 is 9.88 Å². The number of benzene rings is 2. The molecule has 2 aliphatic heterocycles. The van der Waals surface area contributed by atoms with Gasteiger partial charge in [0.25, 0.3) is 0 Å². The minimum Gasteiger partial charge on any atom is -0.362 e. The van der Waals surface area contributed by atoms with E-state index < -0.39 is 0 Å². The zero-order valence-electron chi connectivity index (χ0n) is 23.1. The van der Waals surface area contributed by atoms with Crippen LogP contribution in [0.2, 0.25) is 0 Å².